The van der Waals surface area contributed by atoms with Gasteiger partial charge in [-0.1, -0.05) is 22.9 Å². The lowest BCUT2D eigenvalue weighted by molar-refractivity contribution is -0.121. The first-order valence-electron chi connectivity index (χ1n) is 11.5. The van der Waals surface area contributed by atoms with Crippen LogP contribution in [-0.2, 0) is 9.53 Å². The Kier molecular flexibility index (Phi) is 6.72. The fraction of sp³-hybridized carbons (Fsp3) is 0.435. The van der Waals surface area contributed by atoms with Gasteiger partial charge in [-0.25, -0.2) is 9.78 Å². The van der Waals surface area contributed by atoms with Crippen molar-refractivity contribution in [3.63, 3.8) is 0 Å². The highest BCUT2D eigenvalue weighted by Crippen LogP contribution is 2.34. The number of benzene rings is 1. The van der Waals surface area contributed by atoms with Crippen LogP contribution >= 0.6 is 22.9 Å². The second kappa shape index (κ2) is 9.92. The molecular formula is C23H24ClN5O5S. The highest BCUT2D eigenvalue weighted by atomic mass is 35.5. The molecule has 3 heterocycles. The second-order valence-electron chi connectivity index (χ2n) is 8.88. The van der Waals surface area contributed by atoms with Crippen LogP contribution in [0.1, 0.15) is 42.5 Å². The van der Waals surface area contributed by atoms with E-state index in [2.05, 4.69) is 20.3 Å². The van der Waals surface area contributed by atoms with E-state index in [4.69, 9.17) is 16.3 Å². The van der Waals surface area contributed by atoms with Gasteiger partial charge in [-0.15, -0.1) is 0 Å². The lowest BCUT2D eigenvalue weighted by Crippen LogP contribution is -2.50. The van der Waals surface area contributed by atoms with Gasteiger partial charge in [0, 0.05) is 24.8 Å². The Bertz CT molecular complexity index is 1370. The number of halogens is 1. The molecule has 1 aromatic carbocycles. The highest BCUT2D eigenvalue weighted by Gasteiger charge is 2.42. The first-order valence-corrected chi connectivity index (χ1v) is 12.7. The van der Waals surface area contributed by atoms with Gasteiger partial charge < -0.3 is 19.9 Å². The molecule has 2 aliphatic rings. The number of hydrogen-bond donors (Lipinski definition) is 3. The Morgan fingerprint density at radius 3 is 2.66 bits per heavy atom. The minimum Gasteiger partial charge on any atom is -0.381 e. The van der Waals surface area contributed by atoms with Gasteiger partial charge in [-0.3, -0.25) is 19.4 Å². The van der Waals surface area contributed by atoms with E-state index in [1.807, 2.05) is 0 Å². The van der Waals surface area contributed by atoms with Crippen molar-refractivity contribution in [1.82, 2.24) is 19.9 Å². The minimum absolute atomic E-state index is 0.0631. The number of carbonyl (C=O) groups excluding carboxylic acids is 2. The summed E-state index contributed by atoms with van der Waals surface area (Å²) < 4.78 is 5.93. The topological polar surface area (TPSA) is 137 Å². The average molecular weight is 518 g/mol. The number of aromatic amines is 2. The third-order valence-corrected chi connectivity index (χ3v) is 7.43. The number of fused-ring (bicyclic) bond motifs is 1. The van der Waals surface area contributed by atoms with Crippen LogP contribution in [0.2, 0.25) is 4.34 Å². The number of rotatable bonds is 7. The van der Waals surface area contributed by atoms with Crippen molar-refractivity contribution in [2.75, 3.05) is 18.5 Å². The maximum atomic E-state index is 13.8. The SMILES string of the molecule is O=C(Nc1ncc(Cl)s1)C(CC1CCOCC1)N(C(=O)c1ccc2c(=O)[nH]c(=O)[nH]c2c1)C1CC1. The van der Waals surface area contributed by atoms with E-state index in [1.165, 1.54) is 18.3 Å². The molecule has 0 radical (unpaired) electrons. The molecule has 3 N–H and O–H groups in total. The first kappa shape index (κ1) is 23.7. The van der Waals surface area contributed by atoms with E-state index >= 15 is 0 Å². The Morgan fingerprint density at radius 1 is 1.20 bits per heavy atom. The standard InChI is InChI=1S/C23H24ClN5O5S/c24-18-11-25-23(35-18)28-20(31)17(9-12-5-7-34-8-6-12)29(14-2-3-14)21(32)13-1-4-15-16(10-13)26-22(33)27-19(15)30/h1,4,10-12,14,17H,2-3,5-9H2,(H,25,28,31)(H2,26,27,30,33). The quantitative estimate of drug-likeness (QED) is 0.440. The van der Waals surface area contributed by atoms with Gasteiger partial charge in [0.1, 0.15) is 10.4 Å². The summed E-state index contributed by atoms with van der Waals surface area (Å²) in [6, 6.07) is 3.78. The van der Waals surface area contributed by atoms with Crippen LogP contribution in [0.25, 0.3) is 10.9 Å². The molecule has 0 bridgehead atoms. The molecule has 2 amide bonds. The summed E-state index contributed by atoms with van der Waals surface area (Å²) in [6.45, 7) is 1.26. The predicted molar refractivity (Wildman–Crippen MR) is 132 cm³/mol. The number of amides is 2. The van der Waals surface area contributed by atoms with Crippen LogP contribution < -0.4 is 16.6 Å². The number of nitrogens with one attached hydrogen (secondary N) is 3. The predicted octanol–water partition coefficient (Wildman–Crippen LogP) is 2.75. The number of aromatic nitrogens is 3. The number of hydrogen-bond acceptors (Lipinski definition) is 7. The zero-order valence-corrected chi connectivity index (χ0v) is 20.3. The summed E-state index contributed by atoms with van der Waals surface area (Å²) >= 11 is 7.14. The van der Waals surface area contributed by atoms with Gasteiger partial charge in [0.2, 0.25) is 5.91 Å². The molecule has 5 rings (SSSR count). The molecular weight excluding hydrogens is 494 g/mol. The average Bonchev–Trinajstić information content (AvgIpc) is 3.59. The molecule has 3 aromatic rings. The minimum atomic E-state index is -0.713. The molecule has 12 heteroatoms. The third kappa shape index (κ3) is 5.31. The normalized spacial score (nSPS) is 17.3. The van der Waals surface area contributed by atoms with Crippen molar-refractivity contribution in [3.8, 4) is 0 Å². The first-order chi connectivity index (χ1) is 16.9. The van der Waals surface area contributed by atoms with Crippen LogP contribution in [0.5, 0.6) is 0 Å². The molecule has 0 spiro atoms. The lowest BCUT2D eigenvalue weighted by atomic mass is 9.91. The van der Waals surface area contributed by atoms with Gasteiger partial charge in [0.25, 0.3) is 11.5 Å². The van der Waals surface area contributed by atoms with Gasteiger partial charge in [-0.05, 0) is 56.2 Å². The van der Waals surface area contributed by atoms with Crippen molar-refractivity contribution in [1.29, 1.82) is 0 Å². The Morgan fingerprint density at radius 2 is 1.97 bits per heavy atom. The molecule has 1 atom stereocenters. The van der Waals surface area contributed by atoms with E-state index in [9.17, 15) is 19.2 Å². The molecule has 1 unspecified atom stereocenters. The molecule has 1 saturated carbocycles. The van der Waals surface area contributed by atoms with E-state index in [0.717, 1.165) is 37.0 Å². The summed E-state index contributed by atoms with van der Waals surface area (Å²) in [5.41, 5.74) is -0.610. The fourth-order valence-corrected chi connectivity index (χ4v) is 5.33. The van der Waals surface area contributed by atoms with Crippen molar-refractivity contribution in [2.24, 2.45) is 5.92 Å². The van der Waals surface area contributed by atoms with E-state index < -0.39 is 17.3 Å². The maximum absolute atomic E-state index is 13.8. The molecule has 184 valence electrons. The molecule has 10 nitrogen and oxygen atoms in total. The maximum Gasteiger partial charge on any atom is 0.326 e. The number of nitrogens with zero attached hydrogens (tertiary/aromatic N) is 2. The number of carbonyl (C=O) groups is 2. The van der Waals surface area contributed by atoms with Crippen LogP contribution in [0.15, 0.2) is 34.0 Å². The monoisotopic (exact) mass is 517 g/mol. The third-order valence-electron chi connectivity index (χ3n) is 6.40. The van der Waals surface area contributed by atoms with Gasteiger partial charge in [0.15, 0.2) is 5.13 Å². The molecule has 2 fully saturated rings. The second-order valence-corrected chi connectivity index (χ2v) is 10.5. The van der Waals surface area contributed by atoms with Crippen molar-refractivity contribution < 1.29 is 14.3 Å². The van der Waals surface area contributed by atoms with E-state index in [1.54, 1.807) is 11.0 Å². The summed E-state index contributed by atoms with van der Waals surface area (Å²) in [5, 5.41) is 3.48. The fourth-order valence-electron chi connectivity index (χ4n) is 4.51. The molecule has 1 aliphatic heterocycles. The van der Waals surface area contributed by atoms with E-state index in [-0.39, 0.29) is 34.7 Å². The molecule has 2 aromatic heterocycles. The summed E-state index contributed by atoms with van der Waals surface area (Å²) in [4.78, 5) is 61.6. The smallest absolute Gasteiger partial charge is 0.326 e. The summed E-state index contributed by atoms with van der Waals surface area (Å²) in [6.07, 6.45) is 5.21. The summed E-state index contributed by atoms with van der Waals surface area (Å²) in [7, 11) is 0. The van der Waals surface area contributed by atoms with Gasteiger partial charge in [-0.2, -0.15) is 0 Å². The number of H-pyrrole nitrogens is 2. The Labute approximate surface area is 208 Å². The highest BCUT2D eigenvalue weighted by molar-refractivity contribution is 7.19. The largest absolute Gasteiger partial charge is 0.381 e. The Hall–Kier alpha value is -3.02. The number of anilines is 1. The van der Waals surface area contributed by atoms with Crippen LogP contribution in [0.4, 0.5) is 5.13 Å². The number of thiazole rings is 1. The summed E-state index contributed by atoms with van der Waals surface area (Å²) in [5.74, 6) is -0.395. The van der Waals surface area contributed by atoms with Gasteiger partial charge in [0.05, 0.1) is 17.1 Å². The molecule has 1 aliphatic carbocycles. The molecule has 1 saturated heterocycles. The lowest BCUT2D eigenvalue weighted by Gasteiger charge is -2.34. The van der Waals surface area contributed by atoms with Crippen molar-refractivity contribution in [2.45, 2.75) is 44.2 Å². The van der Waals surface area contributed by atoms with Crippen LogP contribution in [0.3, 0.4) is 0 Å². The van der Waals surface area contributed by atoms with Gasteiger partial charge >= 0.3 is 5.69 Å². The van der Waals surface area contributed by atoms with Crippen molar-refractivity contribution in [3.05, 3.63) is 55.1 Å². The van der Waals surface area contributed by atoms with Crippen LogP contribution in [0, 0.1) is 5.92 Å². The number of ether oxygens (including phenoxy) is 1. The van der Waals surface area contributed by atoms with Crippen LogP contribution in [-0.4, -0.2) is 57.0 Å². The van der Waals surface area contributed by atoms with Crippen molar-refractivity contribution >= 4 is 50.8 Å². The zero-order chi connectivity index (χ0) is 24.5. The zero-order valence-electron chi connectivity index (χ0n) is 18.7. The molecule has 35 heavy (non-hydrogen) atoms. The van der Waals surface area contributed by atoms with E-state index in [0.29, 0.717) is 34.7 Å². The Balaban J connectivity index is 1.48.